The van der Waals surface area contributed by atoms with Crippen molar-refractivity contribution in [3.63, 3.8) is 0 Å². The minimum atomic E-state index is -4.59. The van der Waals surface area contributed by atoms with Gasteiger partial charge in [-0.25, -0.2) is 0 Å². The lowest BCUT2D eigenvalue weighted by Gasteiger charge is -2.13. The van der Waals surface area contributed by atoms with E-state index in [9.17, 15) is 31.1 Å². The number of carbonyl (C=O) groups excluding carboxylic acids is 1. The maximum Gasteiger partial charge on any atom is 0.416 e. The van der Waals surface area contributed by atoms with Crippen molar-refractivity contribution in [2.75, 3.05) is 0 Å². The van der Waals surface area contributed by atoms with Crippen molar-refractivity contribution in [3.8, 4) is 22.5 Å². The normalized spacial score (nSPS) is 11.9. The summed E-state index contributed by atoms with van der Waals surface area (Å²) in [6, 6.07) is 14.5. The molecule has 0 aliphatic heterocycles. The minimum absolute atomic E-state index is 0.0111. The molecule has 2 aromatic heterocycles. The highest BCUT2D eigenvalue weighted by Crippen LogP contribution is 2.35. The number of hydrogen-bond donors (Lipinski definition) is 0. The number of benzene rings is 2. The van der Waals surface area contributed by atoms with Gasteiger partial charge in [0.25, 0.3) is 0 Å². The first-order valence-electron chi connectivity index (χ1n) is 9.86. The molecule has 0 saturated carbocycles. The van der Waals surface area contributed by atoms with Gasteiger partial charge in [0.15, 0.2) is 5.78 Å². The quantitative estimate of drug-likeness (QED) is 0.236. The van der Waals surface area contributed by atoms with Crippen LogP contribution < -0.4 is 0 Å². The highest BCUT2D eigenvalue weighted by atomic mass is 19.4. The van der Waals surface area contributed by atoms with Gasteiger partial charge in [0.2, 0.25) is 0 Å². The van der Waals surface area contributed by atoms with Crippen LogP contribution in [0.4, 0.5) is 26.3 Å². The number of carbonyl (C=O) groups is 1. The lowest BCUT2D eigenvalue weighted by molar-refractivity contribution is -0.138. The Morgan fingerprint density at radius 1 is 0.588 bits per heavy atom. The van der Waals surface area contributed by atoms with Gasteiger partial charge < -0.3 is 0 Å². The van der Waals surface area contributed by atoms with E-state index in [0.29, 0.717) is 0 Å². The maximum atomic E-state index is 13.5. The van der Waals surface area contributed by atoms with Crippen LogP contribution in [0.5, 0.6) is 0 Å². The highest BCUT2D eigenvalue weighted by molar-refractivity contribution is 6.15. The van der Waals surface area contributed by atoms with E-state index in [1.165, 1.54) is 60.9 Å². The molecule has 0 amide bonds. The summed E-state index contributed by atoms with van der Waals surface area (Å²) < 4.78 is 79.1. The molecule has 2 heterocycles. The fourth-order valence-electron chi connectivity index (χ4n) is 3.47. The van der Waals surface area contributed by atoms with Crippen molar-refractivity contribution < 1.29 is 31.1 Å². The number of rotatable bonds is 4. The van der Waals surface area contributed by atoms with E-state index < -0.39 is 29.3 Å². The summed E-state index contributed by atoms with van der Waals surface area (Å²) in [4.78, 5) is 21.7. The van der Waals surface area contributed by atoms with Crippen LogP contribution in [-0.2, 0) is 12.4 Å². The predicted octanol–water partition coefficient (Wildman–Crippen LogP) is 7.08. The van der Waals surface area contributed by atoms with Crippen LogP contribution in [0.15, 0.2) is 85.2 Å². The summed E-state index contributed by atoms with van der Waals surface area (Å²) >= 11 is 0. The van der Waals surface area contributed by atoms with Crippen LogP contribution in [0, 0.1) is 0 Å². The molecule has 0 spiro atoms. The zero-order chi connectivity index (χ0) is 24.5. The van der Waals surface area contributed by atoms with Crippen molar-refractivity contribution >= 4 is 5.78 Å². The van der Waals surface area contributed by atoms with Crippen LogP contribution in [0.1, 0.15) is 27.0 Å². The van der Waals surface area contributed by atoms with Crippen LogP contribution in [0.3, 0.4) is 0 Å². The van der Waals surface area contributed by atoms with Crippen LogP contribution >= 0.6 is 0 Å². The first-order valence-corrected chi connectivity index (χ1v) is 9.86. The lowest BCUT2D eigenvalue weighted by atomic mass is 9.94. The zero-order valence-electron chi connectivity index (χ0n) is 17.2. The standard InChI is InChI=1S/C25H14F6N2O/c26-24(27,28)17-7-1-5-15(13-17)21-19(9-3-11-32-21)23(34)20-10-4-12-33-22(20)16-6-2-8-18(14-16)25(29,30)31/h1-14H. The Bertz CT molecular complexity index is 1260. The predicted molar refractivity (Wildman–Crippen MR) is 113 cm³/mol. The van der Waals surface area contributed by atoms with Gasteiger partial charge in [0.05, 0.1) is 22.5 Å². The molecule has 9 heteroatoms. The van der Waals surface area contributed by atoms with Crippen molar-refractivity contribution in [3.05, 3.63) is 107 Å². The summed E-state index contributed by atoms with van der Waals surface area (Å²) in [6.07, 6.45) is -6.50. The fourth-order valence-corrected chi connectivity index (χ4v) is 3.47. The molecule has 2 aromatic carbocycles. The summed E-state index contributed by atoms with van der Waals surface area (Å²) in [5.41, 5.74) is -1.66. The monoisotopic (exact) mass is 472 g/mol. The molecule has 4 aromatic rings. The topological polar surface area (TPSA) is 42.9 Å². The second kappa shape index (κ2) is 8.74. The van der Waals surface area contributed by atoms with E-state index in [1.807, 2.05) is 0 Å². The fraction of sp³-hybridized carbons (Fsp3) is 0.0800. The Hall–Kier alpha value is -4.01. The molecule has 172 valence electrons. The van der Waals surface area contributed by atoms with Crippen molar-refractivity contribution in [2.24, 2.45) is 0 Å². The van der Waals surface area contributed by atoms with Crippen molar-refractivity contribution in [2.45, 2.75) is 12.4 Å². The molecule has 0 saturated heterocycles. The number of alkyl halides is 6. The van der Waals surface area contributed by atoms with Crippen LogP contribution in [-0.4, -0.2) is 15.8 Å². The molecular formula is C25H14F6N2O. The highest BCUT2D eigenvalue weighted by Gasteiger charge is 2.32. The summed E-state index contributed by atoms with van der Waals surface area (Å²) in [7, 11) is 0. The van der Waals surface area contributed by atoms with Gasteiger partial charge in [-0.3, -0.25) is 14.8 Å². The molecule has 0 N–H and O–H groups in total. The van der Waals surface area contributed by atoms with Crippen LogP contribution in [0.2, 0.25) is 0 Å². The minimum Gasteiger partial charge on any atom is -0.288 e. The number of halogens is 6. The van der Waals surface area contributed by atoms with E-state index in [1.54, 1.807) is 0 Å². The third-order valence-electron chi connectivity index (χ3n) is 5.03. The van der Waals surface area contributed by atoms with Gasteiger partial charge in [0, 0.05) is 34.6 Å². The molecule has 0 aliphatic rings. The zero-order valence-corrected chi connectivity index (χ0v) is 17.2. The molecule has 3 nitrogen and oxygen atoms in total. The third kappa shape index (κ3) is 4.68. The summed E-state index contributed by atoms with van der Waals surface area (Å²) in [5.74, 6) is -0.638. The number of aromatic nitrogens is 2. The Kier molecular flexibility index (Phi) is 5.95. The molecule has 34 heavy (non-hydrogen) atoms. The Morgan fingerprint density at radius 2 is 1.00 bits per heavy atom. The van der Waals surface area contributed by atoms with Gasteiger partial charge >= 0.3 is 12.4 Å². The van der Waals surface area contributed by atoms with Gasteiger partial charge in [-0.05, 0) is 48.5 Å². The maximum absolute atomic E-state index is 13.5. The van der Waals surface area contributed by atoms with Crippen LogP contribution in [0.25, 0.3) is 22.5 Å². The molecule has 4 rings (SSSR count). The molecule has 0 radical (unpaired) electrons. The average Bonchev–Trinajstić information content (AvgIpc) is 2.83. The second-order valence-electron chi connectivity index (χ2n) is 7.29. The van der Waals surface area contributed by atoms with E-state index in [4.69, 9.17) is 0 Å². The molecule has 0 fully saturated rings. The largest absolute Gasteiger partial charge is 0.416 e. The van der Waals surface area contributed by atoms with Gasteiger partial charge in [0.1, 0.15) is 0 Å². The molecule has 0 unspecified atom stereocenters. The van der Waals surface area contributed by atoms with Crippen molar-refractivity contribution in [1.29, 1.82) is 0 Å². The van der Waals surface area contributed by atoms with E-state index in [2.05, 4.69) is 9.97 Å². The summed E-state index contributed by atoms with van der Waals surface area (Å²) in [6.45, 7) is 0. The first kappa shape index (κ1) is 23.2. The van der Waals surface area contributed by atoms with E-state index >= 15 is 0 Å². The summed E-state index contributed by atoms with van der Waals surface area (Å²) in [5, 5.41) is 0. The molecular weight excluding hydrogens is 458 g/mol. The number of hydrogen-bond acceptors (Lipinski definition) is 3. The Labute approximate surface area is 189 Å². The van der Waals surface area contributed by atoms with Gasteiger partial charge in [-0.2, -0.15) is 26.3 Å². The molecule has 0 bridgehead atoms. The smallest absolute Gasteiger partial charge is 0.288 e. The third-order valence-corrected chi connectivity index (χ3v) is 5.03. The second-order valence-corrected chi connectivity index (χ2v) is 7.29. The van der Waals surface area contributed by atoms with Gasteiger partial charge in [-0.1, -0.05) is 24.3 Å². The van der Waals surface area contributed by atoms with Gasteiger partial charge in [-0.15, -0.1) is 0 Å². The number of pyridine rings is 2. The Balaban J connectivity index is 1.82. The molecule has 0 aliphatic carbocycles. The van der Waals surface area contributed by atoms with E-state index in [-0.39, 0.29) is 33.6 Å². The Morgan fingerprint density at radius 3 is 1.38 bits per heavy atom. The van der Waals surface area contributed by atoms with E-state index in [0.717, 1.165) is 24.3 Å². The molecule has 0 atom stereocenters. The number of nitrogens with zero attached hydrogens (tertiary/aromatic N) is 2. The SMILES string of the molecule is O=C(c1cccnc1-c1cccc(C(F)(F)F)c1)c1cccnc1-c1cccc(C(F)(F)F)c1. The van der Waals surface area contributed by atoms with Crippen molar-refractivity contribution in [1.82, 2.24) is 9.97 Å². The number of ketones is 1. The average molecular weight is 472 g/mol. The lowest BCUT2D eigenvalue weighted by Crippen LogP contribution is -2.09. The first-order chi connectivity index (χ1) is 16.1.